The van der Waals surface area contributed by atoms with Crippen LogP contribution in [0.25, 0.3) is 0 Å². The molecule has 0 saturated carbocycles. The van der Waals surface area contributed by atoms with Crippen molar-refractivity contribution in [2.45, 2.75) is 5.92 Å². The second kappa shape index (κ2) is 7.88. The Labute approximate surface area is 141 Å². The third kappa shape index (κ3) is 3.54. The Hall–Kier alpha value is -2.47. The number of hydrogen-bond donors (Lipinski definition) is 1. The van der Waals surface area contributed by atoms with Gasteiger partial charge in [-0.2, -0.15) is 0 Å². The molecule has 1 aromatic carbocycles. The summed E-state index contributed by atoms with van der Waals surface area (Å²) in [7, 11) is 3.23. The smallest absolute Gasteiger partial charge is 0.203 e. The Morgan fingerprint density at radius 2 is 2.00 bits per heavy atom. The molecule has 1 aliphatic heterocycles. The number of fused-ring (bicyclic) bond motifs is 1. The van der Waals surface area contributed by atoms with Crippen LogP contribution in [0.4, 0.5) is 0 Å². The summed E-state index contributed by atoms with van der Waals surface area (Å²) in [6.45, 7) is 2.77. The SMILES string of the molecule is COc1cccc(OC)c1OCCNC[C@@H]1COc2cnccc21. The molecule has 128 valence electrons. The van der Waals surface area contributed by atoms with Crippen molar-refractivity contribution in [1.29, 1.82) is 0 Å². The van der Waals surface area contributed by atoms with Crippen LogP contribution in [0.2, 0.25) is 0 Å². The van der Waals surface area contributed by atoms with E-state index in [1.807, 2.05) is 24.3 Å². The van der Waals surface area contributed by atoms with E-state index in [9.17, 15) is 0 Å². The maximum absolute atomic E-state index is 5.83. The van der Waals surface area contributed by atoms with Crippen LogP contribution in [-0.2, 0) is 0 Å². The van der Waals surface area contributed by atoms with Gasteiger partial charge in [-0.3, -0.25) is 4.98 Å². The van der Waals surface area contributed by atoms with Gasteiger partial charge in [0, 0.05) is 30.8 Å². The van der Waals surface area contributed by atoms with Crippen LogP contribution < -0.4 is 24.3 Å². The Balaban J connectivity index is 1.47. The van der Waals surface area contributed by atoms with Gasteiger partial charge in [-0.05, 0) is 18.2 Å². The Bertz CT molecular complexity index is 656. The highest BCUT2D eigenvalue weighted by molar-refractivity contribution is 5.51. The molecule has 3 rings (SSSR count). The Morgan fingerprint density at radius 3 is 2.75 bits per heavy atom. The van der Waals surface area contributed by atoms with Gasteiger partial charge in [-0.25, -0.2) is 0 Å². The Kier molecular flexibility index (Phi) is 5.38. The van der Waals surface area contributed by atoms with Gasteiger partial charge in [0.25, 0.3) is 0 Å². The first-order valence-corrected chi connectivity index (χ1v) is 7.94. The van der Waals surface area contributed by atoms with E-state index in [1.54, 1.807) is 26.6 Å². The molecule has 0 unspecified atom stereocenters. The topological polar surface area (TPSA) is 61.8 Å². The first-order valence-electron chi connectivity index (χ1n) is 7.94. The van der Waals surface area contributed by atoms with Crippen LogP contribution in [0, 0.1) is 0 Å². The zero-order valence-corrected chi connectivity index (χ0v) is 14.0. The molecule has 0 saturated heterocycles. The third-order valence-electron chi connectivity index (χ3n) is 3.99. The monoisotopic (exact) mass is 330 g/mol. The van der Waals surface area contributed by atoms with E-state index in [1.165, 1.54) is 5.56 Å². The fourth-order valence-electron chi connectivity index (χ4n) is 2.76. The summed E-state index contributed by atoms with van der Waals surface area (Å²) in [5, 5.41) is 3.41. The van der Waals surface area contributed by atoms with E-state index in [-0.39, 0.29) is 0 Å². The first kappa shape index (κ1) is 16.4. The maximum Gasteiger partial charge on any atom is 0.203 e. The summed E-state index contributed by atoms with van der Waals surface area (Å²) in [4.78, 5) is 4.08. The van der Waals surface area contributed by atoms with Gasteiger partial charge in [0.2, 0.25) is 5.75 Å². The summed E-state index contributed by atoms with van der Waals surface area (Å²) < 4.78 is 22.1. The summed E-state index contributed by atoms with van der Waals surface area (Å²) in [5.74, 6) is 3.20. The lowest BCUT2D eigenvalue weighted by Crippen LogP contribution is -2.27. The number of benzene rings is 1. The van der Waals surface area contributed by atoms with Crippen LogP contribution in [0.5, 0.6) is 23.0 Å². The lowest BCUT2D eigenvalue weighted by Gasteiger charge is -2.15. The quantitative estimate of drug-likeness (QED) is 0.749. The van der Waals surface area contributed by atoms with Crippen molar-refractivity contribution in [3.05, 3.63) is 42.2 Å². The minimum absolute atomic E-state index is 0.351. The van der Waals surface area contributed by atoms with Crippen LogP contribution in [0.15, 0.2) is 36.7 Å². The number of methoxy groups -OCH3 is 2. The summed E-state index contributed by atoms with van der Waals surface area (Å²) in [6, 6.07) is 7.60. The minimum atomic E-state index is 0.351. The fraction of sp³-hybridized carbons (Fsp3) is 0.389. The number of pyridine rings is 1. The summed E-state index contributed by atoms with van der Waals surface area (Å²) >= 11 is 0. The predicted molar refractivity (Wildman–Crippen MR) is 90.4 cm³/mol. The molecule has 0 amide bonds. The van der Waals surface area contributed by atoms with E-state index < -0.39 is 0 Å². The van der Waals surface area contributed by atoms with Crippen molar-refractivity contribution in [3.63, 3.8) is 0 Å². The molecule has 0 spiro atoms. The molecule has 0 bridgehead atoms. The molecule has 1 aromatic heterocycles. The van der Waals surface area contributed by atoms with E-state index >= 15 is 0 Å². The van der Waals surface area contributed by atoms with Gasteiger partial charge in [-0.15, -0.1) is 0 Å². The second-order valence-electron chi connectivity index (χ2n) is 5.47. The summed E-state index contributed by atoms with van der Waals surface area (Å²) in [6.07, 6.45) is 3.57. The first-order chi connectivity index (χ1) is 11.8. The van der Waals surface area contributed by atoms with E-state index in [0.29, 0.717) is 36.4 Å². The van der Waals surface area contributed by atoms with Crippen molar-refractivity contribution in [2.24, 2.45) is 0 Å². The van der Waals surface area contributed by atoms with Gasteiger partial charge in [0.15, 0.2) is 11.5 Å². The standard InChI is InChI=1S/C18H22N2O4/c1-21-15-4-3-5-16(22-2)18(15)23-9-8-20-10-13-12-24-17-11-19-7-6-14(13)17/h3-7,11,13,20H,8-10,12H2,1-2H3/t13-/m1/s1. The number of nitrogens with one attached hydrogen (secondary N) is 1. The van der Waals surface area contributed by atoms with Crippen molar-refractivity contribution >= 4 is 0 Å². The molecule has 0 fully saturated rings. The van der Waals surface area contributed by atoms with Crippen molar-refractivity contribution < 1.29 is 18.9 Å². The molecule has 1 N–H and O–H groups in total. The number of aromatic nitrogens is 1. The Morgan fingerprint density at radius 1 is 1.21 bits per heavy atom. The predicted octanol–water partition coefficient (Wildman–Crippen LogP) is 2.24. The van der Waals surface area contributed by atoms with E-state index in [4.69, 9.17) is 18.9 Å². The number of ether oxygens (including phenoxy) is 4. The molecule has 1 aliphatic rings. The van der Waals surface area contributed by atoms with Crippen molar-refractivity contribution in [1.82, 2.24) is 10.3 Å². The average Bonchev–Trinajstić information content (AvgIpc) is 3.04. The van der Waals surface area contributed by atoms with Gasteiger partial charge < -0.3 is 24.3 Å². The third-order valence-corrected chi connectivity index (χ3v) is 3.99. The molecule has 6 nitrogen and oxygen atoms in total. The highest BCUT2D eigenvalue weighted by Crippen LogP contribution is 2.36. The number of nitrogens with zero attached hydrogens (tertiary/aromatic N) is 1. The zero-order valence-electron chi connectivity index (χ0n) is 14.0. The summed E-state index contributed by atoms with van der Waals surface area (Å²) in [5.41, 5.74) is 1.21. The van der Waals surface area contributed by atoms with Gasteiger partial charge >= 0.3 is 0 Å². The maximum atomic E-state index is 5.83. The van der Waals surface area contributed by atoms with Crippen molar-refractivity contribution in [2.75, 3.05) is 40.5 Å². The van der Waals surface area contributed by atoms with E-state index in [0.717, 1.165) is 18.8 Å². The zero-order chi connectivity index (χ0) is 16.8. The van der Waals surface area contributed by atoms with Crippen molar-refractivity contribution in [3.8, 4) is 23.0 Å². The second-order valence-corrected chi connectivity index (χ2v) is 5.47. The largest absolute Gasteiger partial charge is 0.493 e. The molecular formula is C18H22N2O4. The molecule has 0 radical (unpaired) electrons. The van der Waals surface area contributed by atoms with Gasteiger partial charge in [0.05, 0.1) is 27.0 Å². The van der Waals surface area contributed by atoms with Gasteiger partial charge in [0.1, 0.15) is 12.4 Å². The number of para-hydroxylation sites is 1. The van der Waals surface area contributed by atoms with Crippen LogP contribution in [-0.4, -0.2) is 45.5 Å². The average molecular weight is 330 g/mol. The van der Waals surface area contributed by atoms with Crippen LogP contribution in [0.3, 0.4) is 0 Å². The molecule has 24 heavy (non-hydrogen) atoms. The molecule has 2 heterocycles. The van der Waals surface area contributed by atoms with E-state index in [2.05, 4.69) is 10.3 Å². The highest BCUT2D eigenvalue weighted by atomic mass is 16.5. The fourth-order valence-corrected chi connectivity index (χ4v) is 2.76. The molecule has 1 atom stereocenters. The normalized spacial score (nSPS) is 15.5. The minimum Gasteiger partial charge on any atom is -0.493 e. The lowest BCUT2D eigenvalue weighted by atomic mass is 10.0. The number of hydrogen-bond acceptors (Lipinski definition) is 6. The molecule has 2 aromatic rings. The number of rotatable bonds is 8. The molecular weight excluding hydrogens is 308 g/mol. The molecule has 0 aliphatic carbocycles. The highest BCUT2D eigenvalue weighted by Gasteiger charge is 2.23. The lowest BCUT2D eigenvalue weighted by molar-refractivity contribution is 0.270. The van der Waals surface area contributed by atoms with Crippen LogP contribution >= 0.6 is 0 Å². The van der Waals surface area contributed by atoms with Crippen LogP contribution in [0.1, 0.15) is 11.5 Å². The molecule has 6 heteroatoms. The van der Waals surface area contributed by atoms with Gasteiger partial charge in [-0.1, -0.05) is 6.07 Å².